The van der Waals surface area contributed by atoms with Gasteiger partial charge in [0.25, 0.3) is 5.91 Å². The Balaban J connectivity index is 1.83. The third kappa shape index (κ3) is 3.44. The Labute approximate surface area is 184 Å². The number of thiophene rings is 1. The molecule has 4 rings (SSSR count). The summed E-state index contributed by atoms with van der Waals surface area (Å²) in [5.74, 6) is 0.868. The summed E-state index contributed by atoms with van der Waals surface area (Å²) in [6, 6.07) is 8.38. The first-order chi connectivity index (χ1) is 13.7. The second-order valence-corrected chi connectivity index (χ2v) is 10.2. The summed E-state index contributed by atoms with van der Waals surface area (Å²) >= 11 is 5.33. The number of aryl methyl sites for hydroxylation is 1. The first kappa shape index (κ1) is 20.3. The molecule has 2 aromatic rings. The van der Waals surface area contributed by atoms with Gasteiger partial charge in [0.2, 0.25) is 0 Å². The van der Waals surface area contributed by atoms with Crippen LogP contribution in [-0.2, 0) is 11.2 Å². The molecule has 1 atom stereocenters. The van der Waals surface area contributed by atoms with Crippen molar-refractivity contribution in [3.63, 3.8) is 0 Å². The van der Waals surface area contributed by atoms with E-state index < -0.39 is 0 Å². The summed E-state index contributed by atoms with van der Waals surface area (Å²) in [6.07, 6.45) is 1.60. The second-order valence-electron chi connectivity index (χ2n) is 8.40. The molecule has 2 aliphatic heterocycles. The number of fused-ring (bicyclic) bond motifs is 3. The highest BCUT2D eigenvalue weighted by molar-refractivity contribution is 9.10. The van der Waals surface area contributed by atoms with Crippen molar-refractivity contribution >= 4 is 38.9 Å². The van der Waals surface area contributed by atoms with E-state index in [1.54, 1.807) is 18.4 Å². The van der Waals surface area contributed by atoms with E-state index >= 15 is 0 Å². The van der Waals surface area contributed by atoms with E-state index in [1.807, 2.05) is 11.9 Å². The van der Waals surface area contributed by atoms with Crippen LogP contribution >= 0.6 is 27.3 Å². The molecule has 7 heteroatoms. The van der Waals surface area contributed by atoms with Crippen molar-refractivity contribution < 1.29 is 9.53 Å². The highest BCUT2D eigenvalue weighted by Crippen LogP contribution is 2.47. The number of ether oxygens (including phenoxy) is 1. The third-order valence-corrected chi connectivity index (χ3v) is 7.24. The van der Waals surface area contributed by atoms with Gasteiger partial charge in [-0.15, -0.1) is 11.3 Å². The van der Waals surface area contributed by atoms with Crippen LogP contribution in [0.15, 0.2) is 45.5 Å². The average molecular weight is 476 g/mol. The maximum atomic E-state index is 13.4. The SMILES string of the molecule is COc1cc2c(cc1Br)N1C(=C(C(=O)N(C)C(C)(C)C)NC1c1cccs1)CC2. The van der Waals surface area contributed by atoms with Crippen LogP contribution in [0.25, 0.3) is 0 Å². The van der Waals surface area contributed by atoms with Crippen molar-refractivity contribution in [2.45, 2.75) is 45.3 Å². The highest BCUT2D eigenvalue weighted by Gasteiger charge is 2.41. The smallest absolute Gasteiger partial charge is 0.271 e. The minimum atomic E-state index is -0.249. The van der Waals surface area contributed by atoms with Gasteiger partial charge in [-0.25, -0.2) is 0 Å². The lowest BCUT2D eigenvalue weighted by atomic mass is 9.97. The highest BCUT2D eigenvalue weighted by atomic mass is 79.9. The fraction of sp³-hybridized carbons (Fsp3) is 0.409. The Morgan fingerprint density at radius 3 is 2.72 bits per heavy atom. The van der Waals surface area contributed by atoms with Gasteiger partial charge < -0.3 is 19.9 Å². The first-order valence-corrected chi connectivity index (χ1v) is 11.4. The minimum Gasteiger partial charge on any atom is -0.496 e. The van der Waals surface area contributed by atoms with E-state index in [0.717, 1.165) is 34.4 Å². The van der Waals surface area contributed by atoms with E-state index in [-0.39, 0.29) is 17.6 Å². The Bertz CT molecular complexity index is 979. The quantitative estimate of drug-likeness (QED) is 0.674. The molecule has 1 N–H and O–H groups in total. The standard InChI is InChI=1S/C22H26BrN3O2S/c1-22(2,3)25(4)21(27)19-15-9-8-13-11-17(28-5)14(23)12-16(13)26(15)20(24-19)18-7-6-10-29-18/h6-7,10-12,20,24H,8-9H2,1-5H3. The summed E-state index contributed by atoms with van der Waals surface area (Å²) in [4.78, 5) is 18.7. The number of hydrogen-bond donors (Lipinski definition) is 1. The Morgan fingerprint density at radius 2 is 2.10 bits per heavy atom. The number of carbonyl (C=O) groups is 1. The van der Waals surface area contributed by atoms with Gasteiger partial charge in [-0.1, -0.05) is 6.07 Å². The number of nitrogens with one attached hydrogen (secondary N) is 1. The van der Waals surface area contributed by atoms with E-state index in [4.69, 9.17) is 4.74 Å². The molecule has 0 aliphatic carbocycles. The maximum Gasteiger partial charge on any atom is 0.271 e. The Morgan fingerprint density at radius 1 is 1.34 bits per heavy atom. The molecule has 5 nitrogen and oxygen atoms in total. The number of halogens is 1. The number of methoxy groups -OCH3 is 1. The lowest BCUT2D eigenvalue weighted by Gasteiger charge is -2.34. The largest absolute Gasteiger partial charge is 0.496 e. The van der Waals surface area contributed by atoms with Gasteiger partial charge in [0.15, 0.2) is 0 Å². The fourth-order valence-electron chi connectivity index (χ4n) is 3.81. The zero-order valence-electron chi connectivity index (χ0n) is 17.4. The molecule has 0 saturated heterocycles. The molecule has 0 saturated carbocycles. The second kappa shape index (κ2) is 7.36. The maximum absolute atomic E-state index is 13.4. The lowest BCUT2D eigenvalue weighted by Crippen LogP contribution is -2.45. The van der Waals surface area contributed by atoms with Crippen molar-refractivity contribution in [2.75, 3.05) is 19.1 Å². The average Bonchev–Trinajstić information content (AvgIpc) is 3.33. The van der Waals surface area contributed by atoms with Crippen LogP contribution in [0.4, 0.5) is 5.69 Å². The number of carbonyl (C=O) groups excluding carboxylic acids is 1. The van der Waals surface area contributed by atoms with Crippen molar-refractivity contribution in [3.05, 3.63) is 56.0 Å². The monoisotopic (exact) mass is 475 g/mol. The third-order valence-electron chi connectivity index (χ3n) is 5.70. The molecular weight excluding hydrogens is 450 g/mol. The van der Waals surface area contributed by atoms with Crippen LogP contribution < -0.4 is 15.0 Å². The molecule has 0 bridgehead atoms. The van der Waals surface area contributed by atoms with Crippen LogP contribution in [-0.4, -0.2) is 30.5 Å². The molecule has 1 amide bonds. The van der Waals surface area contributed by atoms with Gasteiger partial charge in [-0.05, 0) is 78.7 Å². The number of hydrogen-bond acceptors (Lipinski definition) is 5. The summed E-state index contributed by atoms with van der Waals surface area (Å²) in [7, 11) is 3.56. The van der Waals surface area contributed by atoms with Gasteiger partial charge in [0.1, 0.15) is 17.6 Å². The van der Waals surface area contributed by atoms with Crippen LogP contribution in [0.3, 0.4) is 0 Å². The van der Waals surface area contributed by atoms with Crippen LogP contribution in [0.2, 0.25) is 0 Å². The number of nitrogens with zero attached hydrogens (tertiary/aromatic N) is 2. The zero-order chi connectivity index (χ0) is 20.9. The molecule has 0 fully saturated rings. The van der Waals surface area contributed by atoms with Gasteiger partial charge in [0.05, 0.1) is 11.6 Å². The van der Waals surface area contributed by atoms with E-state index in [9.17, 15) is 4.79 Å². The molecule has 1 aromatic carbocycles. The number of likely N-dealkylation sites (N-methyl/N-ethyl adjacent to an activating group) is 1. The minimum absolute atomic E-state index is 0.0348. The first-order valence-electron chi connectivity index (χ1n) is 9.69. The number of anilines is 1. The Hall–Kier alpha value is -1.99. The summed E-state index contributed by atoms with van der Waals surface area (Å²) in [5, 5.41) is 5.63. The fourth-order valence-corrected chi connectivity index (χ4v) is 5.07. The molecular formula is C22H26BrN3O2S. The topological polar surface area (TPSA) is 44.8 Å². The lowest BCUT2D eigenvalue weighted by molar-refractivity contribution is -0.130. The molecule has 0 spiro atoms. The van der Waals surface area contributed by atoms with Crippen LogP contribution in [0.5, 0.6) is 5.75 Å². The summed E-state index contributed by atoms with van der Waals surface area (Å²) < 4.78 is 6.41. The molecule has 3 heterocycles. The number of allylic oxidation sites excluding steroid dienone is 1. The molecule has 2 aliphatic rings. The van der Waals surface area contributed by atoms with Crippen molar-refractivity contribution in [2.24, 2.45) is 0 Å². The van der Waals surface area contributed by atoms with Crippen LogP contribution in [0, 0.1) is 0 Å². The summed E-state index contributed by atoms with van der Waals surface area (Å²) in [6.45, 7) is 6.16. The van der Waals surface area contributed by atoms with Crippen molar-refractivity contribution in [1.82, 2.24) is 10.2 Å². The van der Waals surface area contributed by atoms with E-state index in [2.05, 4.69) is 76.6 Å². The number of amides is 1. The van der Waals surface area contributed by atoms with Crippen molar-refractivity contribution in [1.29, 1.82) is 0 Å². The van der Waals surface area contributed by atoms with E-state index in [1.165, 1.54) is 10.4 Å². The predicted octanol–water partition coefficient (Wildman–Crippen LogP) is 5.04. The molecule has 1 aromatic heterocycles. The van der Waals surface area contributed by atoms with Crippen LogP contribution in [0.1, 0.15) is 43.8 Å². The number of benzene rings is 1. The molecule has 29 heavy (non-hydrogen) atoms. The zero-order valence-corrected chi connectivity index (χ0v) is 19.8. The van der Waals surface area contributed by atoms with Gasteiger partial charge in [-0.3, -0.25) is 4.79 Å². The van der Waals surface area contributed by atoms with E-state index in [0.29, 0.717) is 5.70 Å². The molecule has 0 radical (unpaired) electrons. The van der Waals surface area contributed by atoms with Gasteiger partial charge in [-0.2, -0.15) is 0 Å². The normalized spacial score (nSPS) is 18.3. The molecule has 1 unspecified atom stereocenters. The van der Waals surface area contributed by atoms with Crippen molar-refractivity contribution in [3.8, 4) is 5.75 Å². The summed E-state index contributed by atoms with van der Waals surface area (Å²) in [5.41, 5.74) is 3.87. The number of rotatable bonds is 3. The van der Waals surface area contributed by atoms with Gasteiger partial charge in [0, 0.05) is 28.8 Å². The van der Waals surface area contributed by atoms with Gasteiger partial charge >= 0.3 is 0 Å². The molecule has 154 valence electrons. The predicted molar refractivity (Wildman–Crippen MR) is 121 cm³/mol. The Kier molecular flexibility index (Phi) is 5.15.